The lowest BCUT2D eigenvalue weighted by Gasteiger charge is -2.31. The maximum absolute atomic E-state index is 12.9. The number of pyridine rings is 1. The molecule has 3 atom stereocenters. The number of aromatic nitrogens is 3. The molecule has 0 saturated heterocycles. The monoisotopic (exact) mass is 621 g/mol. The highest BCUT2D eigenvalue weighted by Gasteiger charge is 2.26. The number of aliphatic hydroxyl groups is 1. The fraction of sp³-hybridized carbons (Fsp3) is 0.312. The van der Waals surface area contributed by atoms with Crippen molar-refractivity contribution in [2.24, 2.45) is 7.05 Å². The molecule has 2 aromatic carbocycles. The zero-order chi connectivity index (χ0) is 30.7. The average Bonchev–Trinajstić information content (AvgIpc) is 3.00. The van der Waals surface area contributed by atoms with Crippen LogP contribution < -0.4 is 20.9 Å². The van der Waals surface area contributed by atoms with E-state index in [4.69, 9.17) is 32.9 Å². The molecule has 1 saturated carbocycles. The van der Waals surface area contributed by atoms with Gasteiger partial charge in [0.2, 0.25) is 5.88 Å². The molecule has 4 aromatic rings. The van der Waals surface area contributed by atoms with Crippen molar-refractivity contribution in [3.8, 4) is 28.3 Å². The summed E-state index contributed by atoms with van der Waals surface area (Å²) in [7, 11) is 3.05. The molecular weight excluding hydrogens is 589 g/mol. The first-order valence-corrected chi connectivity index (χ1v) is 14.9. The first-order chi connectivity index (χ1) is 20.7. The van der Waals surface area contributed by atoms with Gasteiger partial charge in [0, 0.05) is 47.6 Å². The van der Waals surface area contributed by atoms with E-state index < -0.39 is 11.5 Å². The van der Waals surface area contributed by atoms with E-state index >= 15 is 0 Å². The van der Waals surface area contributed by atoms with Crippen LogP contribution in [-0.2, 0) is 7.05 Å². The van der Waals surface area contributed by atoms with Crippen LogP contribution in [-0.4, -0.2) is 45.0 Å². The highest BCUT2D eigenvalue weighted by Crippen LogP contribution is 2.41. The predicted octanol–water partition coefficient (Wildman–Crippen LogP) is 6.03. The third kappa shape index (κ3) is 6.45. The molecule has 9 nitrogen and oxygen atoms in total. The van der Waals surface area contributed by atoms with Gasteiger partial charge < -0.3 is 20.5 Å². The number of aliphatic hydroxyl groups excluding tert-OH is 1. The van der Waals surface area contributed by atoms with Gasteiger partial charge in [0.25, 0.3) is 11.5 Å². The summed E-state index contributed by atoms with van der Waals surface area (Å²) < 4.78 is 6.77. The summed E-state index contributed by atoms with van der Waals surface area (Å²) >= 11 is 13.7. The fourth-order valence-corrected chi connectivity index (χ4v) is 6.05. The number of nitrogens with one attached hydrogen (secondary N) is 2. The average molecular weight is 623 g/mol. The Balaban J connectivity index is 1.43. The number of aryl methyl sites for hydroxylation is 1. The molecule has 2 heterocycles. The van der Waals surface area contributed by atoms with Crippen LogP contribution >= 0.6 is 23.2 Å². The minimum absolute atomic E-state index is 0.0274. The van der Waals surface area contributed by atoms with Crippen LogP contribution in [0, 0.1) is 0 Å². The topological polar surface area (TPSA) is 118 Å². The maximum Gasteiger partial charge on any atom is 0.279 e. The SMILES string of the molecule is COc1nc(-c2cccc(-c3cccc(NC(=O)c4ccnn(C)c4=O)c3Cl)c2Cl)ccc1[C@@H](C)NC1CCCC[C@@H]1O. The summed E-state index contributed by atoms with van der Waals surface area (Å²) in [6, 6.07) is 15.9. The zero-order valence-electron chi connectivity index (χ0n) is 24.1. The second kappa shape index (κ2) is 13.3. The molecule has 43 heavy (non-hydrogen) atoms. The first kappa shape index (κ1) is 30.7. The number of ether oxygens (including phenoxy) is 1. The van der Waals surface area contributed by atoms with E-state index in [2.05, 4.69) is 15.7 Å². The molecule has 2 aromatic heterocycles. The van der Waals surface area contributed by atoms with Crippen LogP contribution in [0.2, 0.25) is 10.0 Å². The standard InChI is InChI=1S/C32H33Cl2N5O4/c1-18(36-25-11-4-5-13-27(25)40)19-14-15-24(38-31(19)43-3)22-10-6-8-20(28(22)33)21-9-7-12-26(29(21)34)37-30(41)23-16-17-35-39(2)32(23)42/h6-10,12,14-18,25,27,36,40H,4-5,11,13H2,1-3H3,(H,37,41)/t18-,25?,27+/m1/s1. The van der Waals surface area contributed by atoms with Crippen LogP contribution in [0.25, 0.3) is 22.4 Å². The lowest BCUT2D eigenvalue weighted by atomic mass is 9.91. The van der Waals surface area contributed by atoms with Gasteiger partial charge in [-0.2, -0.15) is 5.10 Å². The van der Waals surface area contributed by atoms with Crippen LogP contribution in [0.1, 0.15) is 54.6 Å². The summed E-state index contributed by atoms with van der Waals surface area (Å²) in [6.45, 7) is 2.04. The van der Waals surface area contributed by atoms with Crippen molar-refractivity contribution in [1.82, 2.24) is 20.1 Å². The third-order valence-electron chi connectivity index (χ3n) is 7.80. The molecule has 0 aliphatic heterocycles. The van der Waals surface area contributed by atoms with Gasteiger partial charge >= 0.3 is 0 Å². The highest BCUT2D eigenvalue weighted by atomic mass is 35.5. The lowest BCUT2D eigenvalue weighted by Crippen LogP contribution is -2.43. The number of carbonyl (C=O) groups is 1. The second-order valence-electron chi connectivity index (χ2n) is 10.6. The number of amides is 1. The summed E-state index contributed by atoms with van der Waals surface area (Å²) in [4.78, 5) is 30.0. The Morgan fingerprint density at radius 1 is 1.02 bits per heavy atom. The van der Waals surface area contributed by atoms with E-state index in [-0.39, 0.29) is 28.8 Å². The quantitative estimate of drug-likeness (QED) is 0.220. The van der Waals surface area contributed by atoms with E-state index in [1.54, 1.807) is 25.3 Å². The van der Waals surface area contributed by atoms with Gasteiger partial charge in [-0.15, -0.1) is 0 Å². The molecule has 0 spiro atoms. The number of nitrogens with zero attached hydrogens (tertiary/aromatic N) is 3. The van der Waals surface area contributed by atoms with Crippen LogP contribution in [0.5, 0.6) is 5.88 Å². The van der Waals surface area contributed by atoms with Crippen LogP contribution in [0.3, 0.4) is 0 Å². The largest absolute Gasteiger partial charge is 0.481 e. The fourth-order valence-electron chi connectivity index (χ4n) is 5.45. The normalized spacial score (nSPS) is 17.3. The second-order valence-corrected chi connectivity index (χ2v) is 11.4. The van der Waals surface area contributed by atoms with Crippen molar-refractivity contribution in [3.63, 3.8) is 0 Å². The van der Waals surface area contributed by atoms with Crippen LogP contribution in [0.4, 0.5) is 5.69 Å². The molecule has 1 fully saturated rings. The molecule has 224 valence electrons. The van der Waals surface area contributed by atoms with E-state index in [0.29, 0.717) is 39.0 Å². The van der Waals surface area contributed by atoms with Gasteiger partial charge in [0.1, 0.15) is 5.56 Å². The molecule has 3 N–H and O–H groups in total. The number of carbonyl (C=O) groups excluding carboxylic acids is 1. The van der Waals surface area contributed by atoms with Gasteiger partial charge in [0.05, 0.1) is 34.6 Å². The Labute approximate surface area is 259 Å². The summed E-state index contributed by atoms with van der Waals surface area (Å²) in [5.74, 6) is -0.130. The third-order valence-corrected chi connectivity index (χ3v) is 8.62. The number of hydrogen-bond acceptors (Lipinski definition) is 7. The Morgan fingerprint density at radius 2 is 1.72 bits per heavy atom. The van der Waals surface area contributed by atoms with E-state index in [1.807, 2.05) is 37.3 Å². The van der Waals surface area contributed by atoms with Gasteiger partial charge in [-0.3, -0.25) is 9.59 Å². The Hall–Kier alpha value is -3.76. The van der Waals surface area contributed by atoms with Gasteiger partial charge in [-0.25, -0.2) is 9.67 Å². The van der Waals surface area contributed by atoms with Gasteiger partial charge in [-0.1, -0.05) is 66.4 Å². The number of halogens is 2. The van der Waals surface area contributed by atoms with Crippen molar-refractivity contribution in [1.29, 1.82) is 0 Å². The van der Waals surface area contributed by atoms with E-state index in [0.717, 1.165) is 35.9 Å². The Bertz CT molecular complexity index is 1710. The van der Waals surface area contributed by atoms with E-state index in [1.165, 1.54) is 19.3 Å². The molecule has 1 aliphatic carbocycles. The predicted molar refractivity (Wildman–Crippen MR) is 169 cm³/mol. The Morgan fingerprint density at radius 3 is 2.47 bits per heavy atom. The number of anilines is 1. The van der Waals surface area contributed by atoms with Gasteiger partial charge in [0.15, 0.2) is 0 Å². The van der Waals surface area contributed by atoms with Crippen molar-refractivity contribution in [2.45, 2.75) is 50.8 Å². The highest BCUT2D eigenvalue weighted by molar-refractivity contribution is 6.39. The maximum atomic E-state index is 12.9. The summed E-state index contributed by atoms with van der Waals surface area (Å²) in [5.41, 5.74) is 3.18. The van der Waals surface area contributed by atoms with Crippen molar-refractivity contribution < 1.29 is 14.6 Å². The van der Waals surface area contributed by atoms with Crippen molar-refractivity contribution in [2.75, 3.05) is 12.4 Å². The first-order valence-electron chi connectivity index (χ1n) is 14.1. The molecule has 1 aliphatic rings. The lowest BCUT2D eigenvalue weighted by molar-refractivity contribution is 0.0857. The molecule has 11 heteroatoms. The minimum atomic E-state index is -0.597. The zero-order valence-corrected chi connectivity index (χ0v) is 25.6. The van der Waals surface area contributed by atoms with Crippen LogP contribution in [0.15, 0.2) is 65.6 Å². The molecule has 5 rings (SSSR count). The molecule has 0 bridgehead atoms. The van der Waals surface area contributed by atoms with Crippen molar-refractivity contribution in [3.05, 3.63) is 92.3 Å². The Kier molecular flexibility index (Phi) is 9.46. The number of methoxy groups -OCH3 is 1. The number of benzene rings is 2. The number of hydrogen-bond donors (Lipinski definition) is 3. The van der Waals surface area contributed by atoms with Crippen molar-refractivity contribution >= 4 is 34.8 Å². The molecule has 1 amide bonds. The molecular formula is C32H33Cl2N5O4. The summed E-state index contributed by atoms with van der Waals surface area (Å²) in [6.07, 6.45) is 4.89. The number of rotatable bonds is 8. The van der Waals surface area contributed by atoms with Gasteiger partial charge in [-0.05, 0) is 44.0 Å². The molecule has 1 unspecified atom stereocenters. The smallest absolute Gasteiger partial charge is 0.279 e. The minimum Gasteiger partial charge on any atom is -0.481 e. The van der Waals surface area contributed by atoms with E-state index in [9.17, 15) is 14.7 Å². The summed E-state index contributed by atoms with van der Waals surface area (Å²) in [5, 5.41) is 21.2. The molecule has 0 radical (unpaired) electrons.